The third kappa shape index (κ3) is 5.18. The third-order valence-corrected chi connectivity index (χ3v) is 8.09. The van der Waals surface area contributed by atoms with E-state index in [1.54, 1.807) is 29.2 Å². The molecule has 2 fully saturated rings. The van der Waals surface area contributed by atoms with E-state index in [0.29, 0.717) is 43.4 Å². The van der Waals surface area contributed by atoms with Crippen molar-refractivity contribution in [2.75, 3.05) is 71.3 Å². The molecule has 2 N–H and O–H groups in total. The first-order valence-corrected chi connectivity index (χ1v) is 14.0. The molecule has 0 aliphatic carbocycles. The second kappa shape index (κ2) is 11.6. The molecule has 16 heteroatoms. The van der Waals surface area contributed by atoms with Crippen LogP contribution in [0.3, 0.4) is 0 Å². The number of fused-ring (bicyclic) bond motifs is 3. The summed E-state index contributed by atoms with van der Waals surface area (Å²) < 4.78 is 36.5. The van der Waals surface area contributed by atoms with E-state index in [-0.39, 0.29) is 25.0 Å². The number of urea groups is 1. The van der Waals surface area contributed by atoms with Crippen LogP contribution in [0.25, 0.3) is 5.70 Å². The minimum absolute atomic E-state index is 0.0522. The molecule has 218 valence electrons. The molecule has 1 atom stereocenters. The van der Waals surface area contributed by atoms with Crippen LogP contribution in [-0.2, 0) is 4.74 Å². The molecule has 13 nitrogen and oxygen atoms in total. The van der Waals surface area contributed by atoms with Crippen LogP contribution in [0.15, 0.2) is 45.5 Å². The highest BCUT2D eigenvalue weighted by Gasteiger charge is 2.51. The average Bonchev–Trinajstić information content (AvgIpc) is 3.70. The van der Waals surface area contributed by atoms with Crippen LogP contribution in [0.5, 0.6) is 5.75 Å². The van der Waals surface area contributed by atoms with Gasteiger partial charge in [0, 0.05) is 69.6 Å². The Hall–Kier alpha value is -3.86. The van der Waals surface area contributed by atoms with Crippen LogP contribution in [0, 0.1) is 5.82 Å². The van der Waals surface area contributed by atoms with Gasteiger partial charge >= 0.3 is 6.03 Å². The van der Waals surface area contributed by atoms with Crippen molar-refractivity contribution in [1.29, 1.82) is 0 Å². The molecular formula is C25H30F2N10O3S. The summed E-state index contributed by atoms with van der Waals surface area (Å²) in [5.74, 6) is 6.33. The number of amides is 2. The molecule has 5 heterocycles. The van der Waals surface area contributed by atoms with E-state index in [4.69, 9.17) is 15.6 Å². The number of thiazole rings is 1. The molecule has 4 aliphatic rings. The molecule has 2 amide bonds. The topological polar surface area (TPSA) is 119 Å². The van der Waals surface area contributed by atoms with Gasteiger partial charge in [-0.25, -0.2) is 49.4 Å². The van der Waals surface area contributed by atoms with Crippen LogP contribution in [0.1, 0.15) is 5.01 Å². The Morgan fingerprint density at radius 3 is 2.73 bits per heavy atom. The Morgan fingerprint density at radius 2 is 2.00 bits per heavy atom. The standard InChI is InChI=1S/C25H30F2N10O3S/c1-32-25(38)35(24-31-22-21(37(24)32)20(30-16-36(22)28)23-29-4-13-41-23)10-7-33-5-8-34(9-6-33)17-2-3-19(18(27)14-17)40-12-11-39-15-26/h2-4,13-14,16,24H,5-12,15,28H2,1H3. The van der Waals surface area contributed by atoms with Gasteiger partial charge in [0.1, 0.15) is 29.3 Å². The number of ether oxygens (including phenoxy) is 2. The van der Waals surface area contributed by atoms with Crippen molar-refractivity contribution in [2.24, 2.45) is 15.8 Å². The summed E-state index contributed by atoms with van der Waals surface area (Å²) in [4.78, 5) is 33.0. The number of nitrogens with zero attached hydrogens (tertiary/aromatic N) is 9. The summed E-state index contributed by atoms with van der Waals surface area (Å²) in [6.45, 7) is 3.28. The summed E-state index contributed by atoms with van der Waals surface area (Å²) in [5.41, 5.74) is 2.05. The lowest BCUT2D eigenvalue weighted by molar-refractivity contribution is 0.0385. The number of rotatable bonds is 10. The first-order chi connectivity index (χ1) is 20.0. The van der Waals surface area contributed by atoms with E-state index in [9.17, 15) is 13.6 Å². The van der Waals surface area contributed by atoms with Gasteiger partial charge in [0.15, 0.2) is 24.3 Å². The molecule has 1 unspecified atom stereocenters. The second-order valence-electron chi connectivity index (χ2n) is 9.64. The third-order valence-electron chi connectivity index (χ3n) is 7.31. The minimum atomic E-state index is -0.897. The second-order valence-corrected chi connectivity index (χ2v) is 10.5. The zero-order chi connectivity index (χ0) is 28.5. The number of anilines is 1. The number of hydrazine groups is 2. The van der Waals surface area contributed by atoms with Gasteiger partial charge in [-0.2, -0.15) is 0 Å². The molecule has 0 saturated carbocycles. The van der Waals surface area contributed by atoms with Crippen molar-refractivity contribution in [1.82, 2.24) is 29.8 Å². The lowest BCUT2D eigenvalue weighted by atomic mass is 10.2. The monoisotopic (exact) mass is 588 g/mol. The molecule has 0 bridgehead atoms. The molecule has 0 spiro atoms. The van der Waals surface area contributed by atoms with Gasteiger partial charge in [-0.15, -0.1) is 11.3 Å². The number of hydrogen-bond acceptors (Lipinski definition) is 12. The molecule has 4 aliphatic heterocycles. The molecule has 1 aromatic heterocycles. The van der Waals surface area contributed by atoms with Crippen LogP contribution < -0.4 is 15.5 Å². The molecule has 2 saturated heterocycles. The smallest absolute Gasteiger partial charge is 0.341 e. The highest BCUT2D eigenvalue weighted by atomic mass is 32.1. The van der Waals surface area contributed by atoms with Gasteiger partial charge in [-0.3, -0.25) is 9.80 Å². The number of alkyl halides is 1. The fourth-order valence-electron chi connectivity index (χ4n) is 5.22. The average molecular weight is 589 g/mol. The molecule has 6 rings (SSSR count). The Balaban J connectivity index is 1.06. The molecule has 1 aromatic carbocycles. The van der Waals surface area contributed by atoms with Crippen molar-refractivity contribution >= 4 is 40.9 Å². The number of halogens is 2. The Morgan fingerprint density at radius 1 is 1.17 bits per heavy atom. The normalized spacial score (nSPS) is 20.8. The Bertz CT molecular complexity index is 1370. The van der Waals surface area contributed by atoms with Gasteiger partial charge in [0.05, 0.1) is 6.61 Å². The largest absolute Gasteiger partial charge is 0.488 e. The summed E-state index contributed by atoms with van der Waals surface area (Å²) in [6.07, 6.45) is 2.65. The first-order valence-electron chi connectivity index (χ1n) is 13.1. The van der Waals surface area contributed by atoms with Gasteiger partial charge in [0.25, 0.3) is 0 Å². The predicted octanol–water partition coefficient (Wildman–Crippen LogP) is 1.59. The number of aromatic nitrogens is 1. The van der Waals surface area contributed by atoms with E-state index in [0.717, 1.165) is 23.8 Å². The summed E-state index contributed by atoms with van der Waals surface area (Å²) in [7, 11) is 1.71. The van der Waals surface area contributed by atoms with Gasteiger partial charge in [0.2, 0.25) is 6.29 Å². The van der Waals surface area contributed by atoms with E-state index in [1.807, 2.05) is 16.5 Å². The van der Waals surface area contributed by atoms with Crippen molar-refractivity contribution in [3.05, 3.63) is 46.3 Å². The fourth-order valence-corrected chi connectivity index (χ4v) is 5.85. The molecular weight excluding hydrogens is 558 g/mol. The van der Waals surface area contributed by atoms with Crippen molar-refractivity contribution < 1.29 is 23.0 Å². The lowest BCUT2D eigenvalue weighted by Gasteiger charge is -2.36. The highest BCUT2D eigenvalue weighted by molar-refractivity contribution is 7.10. The number of amidine groups is 1. The van der Waals surface area contributed by atoms with Gasteiger partial charge in [-0.05, 0) is 12.1 Å². The van der Waals surface area contributed by atoms with Crippen molar-refractivity contribution in [2.45, 2.75) is 6.29 Å². The van der Waals surface area contributed by atoms with Gasteiger partial charge < -0.3 is 14.4 Å². The van der Waals surface area contributed by atoms with E-state index in [2.05, 4.69) is 24.5 Å². The summed E-state index contributed by atoms with van der Waals surface area (Å²) >= 11 is 1.46. The maximum atomic E-state index is 14.5. The van der Waals surface area contributed by atoms with E-state index in [1.165, 1.54) is 28.8 Å². The quantitative estimate of drug-likeness (QED) is 0.326. The molecule has 41 heavy (non-hydrogen) atoms. The number of piperazine rings is 1. The molecule has 2 aromatic rings. The van der Waals surface area contributed by atoms with Crippen molar-refractivity contribution in [3.63, 3.8) is 0 Å². The minimum Gasteiger partial charge on any atom is -0.488 e. The number of carbonyl (C=O) groups excluding carboxylic acids is 1. The number of carbonyl (C=O) groups is 1. The van der Waals surface area contributed by atoms with Crippen LogP contribution in [-0.4, -0.2) is 121 Å². The fraction of sp³-hybridized carbons (Fsp3) is 0.440. The lowest BCUT2D eigenvalue weighted by Crippen LogP contribution is -2.49. The first kappa shape index (κ1) is 27.3. The summed E-state index contributed by atoms with van der Waals surface area (Å²) in [5, 5.41) is 7.32. The number of aliphatic imine (C=N–C) groups is 2. The number of hydrogen-bond donors (Lipinski definition) is 1. The Kier molecular flexibility index (Phi) is 7.70. The predicted molar refractivity (Wildman–Crippen MR) is 149 cm³/mol. The van der Waals surface area contributed by atoms with E-state index < -0.39 is 19.0 Å². The van der Waals surface area contributed by atoms with E-state index >= 15 is 0 Å². The number of benzene rings is 1. The highest BCUT2D eigenvalue weighted by Crippen LogP contribution is 2.38. The van der Waals surface area contributed by atoms with Gasteiger partial charge in [-0.1, -0.05) is 0 Å². The maximum absolute atomic E-state index is 14.5. The zero-order valence-corrected chi connectivity index (χ0v) is 23.2. The molecule has 0 radical (unpaired) electrons. The maximum Gasteiger partial charge on any atom is 0.341 e. The van der Waals surface area contributed by atoms with Crippen LogP contribution in [0.4, 0.5) is 19.3 Å². The zero-order valence-electron chi connectivity index (χ0n) is 22.4. The van der Waals surface area contributed by atoms with Crippen molar-refractivity contribution in [3.8, 4) is 5.75 Å². The Labute approximate surface area is 239 Å². The number of nitrogens with two attached hydrogens (primary N) is 1. The SMILES string of the molecule is CN1C(=O)N(CCN2CCN(c3ccc(OCCOCF)c(F)c3)CC2)C2N=C3C(=C(c4nccs4)N=CN3N)N21. The van der Waals surface area contributed by atoms with Crippen LogP contribution in [0.2, 0.25) is 0 Å². The summed E-state index contributed by atoms with van der Waals surface area (Å²) in [6, 6.07) is 4.69. The van der Waals surface area contributed by atoms with Crippen LogP contribution >= 0.6 is 11.3 Å².